The molecule has 92 valence electrons. The minimum atomic E-state index is 0.177. The van der Waals surface area contributed by atoms with E-state index < -0.39 is 0 Å². The Morgan fingerprint density at radius 2 is 1.94 bits per heavy atom. The first-order valence-corrected chi connectivity index (χ1v) is 6.77. The van der Waals surface area contributed by atoms with Gasteiger partial charge in [-0.1, -0.05) is 41.9 Å². The number of nitrogens with two attached hydrogens (primary N) is 1. The van der Waals surface area contributed by atoms with Crippen molar-refractivity contribution < 1.29 is 0 Å². The van der Waals surface area contributed by atoms with Crippen molar-refractivity contribution >= 4 is 11.6 Å². The van der Waals surface area contributed by atoms with Gasteiger partial charge in [0.15, 0.2) is 0 Å². The molecule has 0 heterocycles. The monoisotopic (exact) mass is 257 g/mol. The number of benzene rings is 2. The fourth-order valence-electron chi connectivity index (χ4n) is 2.70. The molecule has 3 rings (SSSR count). The minimum absolute atomic E-state index is 0.177. The molecule has 0 aromatic heterocycles. The Bertz CT molecular complexity index is 577. The third-order valence-electron chi connectivity index (χ3n) is 3.69. The summed E-state index contributed by atoms with van der Waals surface area (Å²) in [6.45, 7) is 0. The molecule has 0 amide bonds. The van der Waals surface area contributed by atoms with Gasteiger partial charge in [0.1, 0.15) is 0 Å². The van der Waals surface area contributed by atoms with Gasteiger partial charge in [-0.25, -0.2) is 0 Å². The highest BCUT2D eigenvalue weighted by atomic mass is 35.5. The molecule has 0 saturated heterocycles. The van der Waals surface area contributed by atoms with Crippen LogP contribution in [0.2, 0.25) is 5.02 Å². The Kier molecular flexibility index (Phi) is 3.11. The average molecular weight is 258 g/mol. The van der Waals surface area contributed by atoms with Crippen LogP contribution in [-0.4, -0.2) is 0 Å². The lowest BCUT2D eigenvalue weighted by Crippen LogP contribution is -2.17. The molecule has 2 aromatic carbocycles. The molecule has 2 heteroatoms. The summed E-state index contributed by atoms with van der Waals surface area (Å²) in [5.41, 5.74) is 11.1. The van der Waals surface area contributed by atoms with Crippen molar-refractivity contribution in [2.45, 2.75) is 25.3 Å². The largest absolute Gasteiger partial charge is 0.324 e. The fraction of sp³-hybridized carbons (Fsp3) is 0.250. The maximum Gasteiger partial charge on any atom is 0.0484 e. The number of fused-ring (bicyclic) bond motifs is 1. The second-order valence-electron chi connectivity index (χ2n) is 4.89. The quantitative estimate of drug-likeness (QED) is 0.808. The first-order valence-electron chi connectivity index (χ1n) is 6.39. The Morgan fingerprint density at radius 3 is 2.78 bits per heavy atom. The van der Waals surface area contributed by atoms with Crippen molar-refractivity contribution in [1.29, 1.82) is 0 Å². The van der Waals surface area contributed by atoms with Crippen molar-refractivity contribution in [1.82, 2.24) is 0 Å². The highest BCUT2D eigenvalue weighted by Gasteiger charge is 2.17. The lowest BCUT2D eigenvalue weighted by Gasteiger charge is -2.23. The van der Waals surface area contributed by atoms with E-state index in [9.17, 15) is 0 Å². The fourth-order valence-corrected chi connectivity index (χ4v) is 2.94. The zero-order valence-corrected chi connectivity index (χ0v) is 11.0. The molecule has 0 bridgehead atoms. The lowest BCUT2D eigenvalue weighted by atomic mass is 9.86. The van der Waals surface area contributed by atoms with Gasteiger partial charge >= 0.3 is 0 Å². The van der Waals surface area contributed by atoms with Gasteiger partial charge in [-0.15, -0.1) is 0 Å². The van der Waals surface area contributed by atoms with Gasteiger partial charge in [0, 0.05) is 16.6 Å². The standard InChI is InChI=1S/C16H16ClN/c17-15-6-2-1-5-13(15)12-9-8-11-4-3-7-16(18)14(11)10-12/h1-2,5-6,8-10,16H,3-4,7,18H2. The number of halogens is 1. The van der Waals surface area contributed by atoms with Gasteiger partial charge < -0.3 is 5.73 Å². The van der Waals surface area contributed by atoms with E-state index in [2.05, 4.69) is 24.3 Å². The van der Waals surface area contributed by atoms with Gasteiger partial charge in [0.05, 0.1) is 0 Å². The average Bonchev–Trinajstić information content (AvgIpc) is 2.40. The highest BCUT2D eigenvalue weighted by molar-refractivity contribution is 6.33. The molecule has 0 spiro atoms. The molecule has 0 aliphatic heterocycles. The molecule has 18 heavy (non-hydrogen) atoms. The zero-order valence-electron chi connectivity index (χ0n) is 10.2. The summed E-state index contributed by atoms with van der Waals surface area (Å²) in [5, 5.41) is 0.793. The molecule has 1 unspecified atom stereocenters. The van der Waals surface area contributed by atoms with Crippen LogP contribution in [0.4, 0.5) is 0 Å². The van der Waals surface area contributed by atoms with E-state index in [-0.39, 0.29) is 6.04 Å². The van der Waals surface area contributed by atoms with Gasteiger partial charge in [-0.2, -0.15) is 0 Å². The summed E-state index contributed by atoms with van der Waals surface area (Å²) < 4.78 is 0. The molecule has 1 atom stereocenters. The SMILES string of the molecule is NC1CCCc2ccc(-c3ccccc3Cl)cc21. The van der Waals surface area contributed by atoms with Crippen molar-refractivity contribution in [3.63, 3.8) is 0 Å². The summed E-state index contributed by atoms with van der Waals surface area (Å²) in [5.74, 6) is 0. The second-order valence-corrected chi connectivity index (χ2v) is 5.30. The Hall–Kier alpha value is -1.31. The third-order valence-corrected chi connectivity index (χ3v) is 4.02. The lowest BCUT2D eigenvalue weighted by molar-refractivity contribution is 0.571. The Labute approximate surface area is 113 Å². The zero-order chi connectivity index (χ0) is 12.5. The van der Waals surface area contributed by atoms with E-state index in [1.807, 2.05) is 18.2 Å². The second kappa shape index (κ2) is 4.75. The maximum atomic E-state index is 6.25. The summed E-state index contributed by atoms with van der Waals surface area (Å²) in [6.07, 6.45) is 3.42. The van der Waals surface area contributed by atoms with E-state index >= 15 is 0 Å². The van der Waals surface area contributed by atoms with Gasteiger partial charge in [0.2, 0.25) is 0 Å². The topological polar surface area (TPSA) is 26.0 Å². The van der Waals surface area contributed by atoms with Crippen molar-refractivity contribution in [2.75, 3.05) is 0 Å². The first-order chi connectivity index (χ1) is 8.75. The van der Waals surface area contributed by atoms with Crippen LogP contribution in [0.25, 0.3) is 11.1 Å². The van der Waals surface area contributed by atoms with E-state index in [1.54, 1.807) is 0 Å². The Balaban J connectivity index is 2.10. The normalized spacial score (nSPS) is 18.4. The van der Waals surface area contributed by atoms with Crippen LogP contribution in [0.15, 0.2) is 42.5 Å². The van der Waals surface area contributed by atoms with Crippen molar-refractivity contribution in [3.05, 3.63) is 58.6 Å². The molecule has 0 radical (unpaired) electrons. The molecule has 0 saturated carbocycles. The van der Waals surface area contributed by atoms with Gasteiger partial charge in [-0.3, -0.25) is 0 Å². The molecule has 1 aliphatic rings. The minimum Gasteiger partial charge on any atom is -0.324 e. The predicted octanol–water partition coefficient (Wildman–Crippen LogP) is 4.34. The first kappa shape index (κ1) is 11.8. The predicted molar refractivity (Wildman–Crippen MR) is 76.8 cm³/mol. The van der Waals surface area contributed by atoms with Crippen LogP contribution in [0.5, 0.6) is 0 Å². The van der Waals surface area contributed by atoms with Crippen LogP contribution in [-0.2, 0) is 6.42 Å². The maximum absolute atomic E-state index is 6.25. The molecule has 0 fully saturated rings. The van der Waals surface area contributed by atoms with Crippen LogP contribution in [0.3, 0.4) is 0 Å². The molecule has 1 nitrogen and oxygen atoms in total. The van der Waals surface area contributed by atoms with Gasteiger partial charge in [-0.05, 0) is 48.1 Å². The van der Waals surface area contributed by atoms with Crippen molar-refractivity contribution in [2.24, 2.45) is 5.73 Å². The summed E-state index contributed by atoms with van der Waals surface area (Å²) in [4.78, 5) is 0. The number of rotatable bonds is 1. The molecule has 1 aliphatic carbocycles. The molecular formula is C16H16ClN. The van der Waals surface area contributed by atoms with E-state index in [4.69, 9.17) is 17.3 Å². The van der Waals surface area contributed by atoms with E-state index in [0.717, 1.165) is 29.0 Å². The molecule has 2 aromatic rings. The van der Waals surface area contributed by atoms with Crippen LogP contribution >= 0.6 is 11.6 Å². The van der Waals surface area contributed by atoms with Gasteiger partial charge in [0.25, 0.3) is 0 Å². The number of aryl methyl sites for hydroxylation is 1. The summed E-state index contributed by atoms with van der Waals surface area (Å²) in [6, 6.07) is 14.7. The van der Waals surface area contributed by atoms with Crippen LogP contribution < -0.4 is 5.73 Å². The van der Waals surface area contributed by atoms with Crippen LogP contribution in [0, 0.1) is 0 Å². The summed E-state index contributed by atoms with van der Waals surface area (Å²) in [7, 11) is 0. The van der Waals surface area contributed by atoms with E-state index in [0.29, 0.717) is 0 Å². The smallest absolute Gasteiger partial charge is 0.0484 e. The third kappa shape index (κ3) is 2.05. The van der Waals surface area contributed by atoms with Crippen molar-refractivity contribution in [3.8, 4) is 11.1 Å². The number of hydrogen-bond acceptors (Lipinski definition) is 1. The molecular weight excluding hydrogens is 242 g/mol. The molecule has 2 N–H and O–H groups in total. The summed E-state index contributed by atoms with van der Waals surface area (Å²) >= 11 is 6.25. The van der Waals surface area contributed by atoms with E-state index in [1.165, 1.54) is 17.5 Å². The van der Waals surface area contributed by atoms with Crippen LogP contribution in [0.1, 0.15) is 30.0 Å². The highest BCUT2D eigenvalue weighted by Crippen LogP contribution is 2.34. The Morgan fingerprint density at radius 1 is 1.11 bits per heavy atom. The number of hydrogen-bond donors (Lipinski definition) is 1.